The van der Waals surface area contributed by atoms with Gasteiger partial charge >= 0.3 is 5.69 Å². The van der Waals surface area contributed by atoms with Crippen molar-refractivity contribution in [1.29, 1.82) is 0 Å². The first-order valence-electron chi connectivity index (χ1n) is 7.53. The molecule has 0 unspecified atom stereocenters. The summed E-state index contributed by atoms with van der Waals surface area (Å²) in [5.74, 6) is 0. The summed E-state index contributed by atoms with van der Waals surface area (Å²) in [5, 5.41) is 0. The molecule has 6 heteroatoms. The fraction of sp³-hybridized carbons (Fsp3) is 0.0556. The Morgan fingerprint density at radius 3 is 2.29 bits per heavy atom. The van der Waals surface area contributed by atoms with E-state index in [1.807, 2.05) is 36.4 Å². The Labute approximate surface area is 136 Å². The zero-order chi connectivity index (χ0) is 16.5. The summed E-state index contributed by atoms with van der Waals surface area (Å²) in [6, 6.07) is 18.6. The molecule has 0 aliphatic rings. The molecule has 0 aliphatic carbocycles. The number of benzene rings is 2. The number of aromatic amines is 1. The van der Waals surface area contributed by atoms with Crippen LogP contribution in [-0.2, 0) is 6.54 Å². The van der Waals surface area contributed by atoms with Gasteiger partial charge < -0.3 is 4.57 Å². The first-order chi connectivity index (χ1) is 11.7. The van der Waals surface area contributed by atoms with Crippen LogP contribution in [0.15, 0.2) is 76.6 Å². The quantitative estimate of drug-likeness (QED) is 0.627. The third kappa shape index (κ3) is 2.34. The molecular weight excluding hydrogens is 304 g/mol. The van der Waals surface area contributed by atoms with Gasteiger partial charge in [-0.15, -0.1) is 0 Å². The van der Waals surface area contributed by atoms with Crippen molar-refractivity contribution >= 4 is 11.2 Å². The summed E-state index contributed by atoms with van der Waals surface area (Å²) in [6.07, 6.45) is 1.57. The van der Waals surface area contributed by atoms with Gasteiger partial charge in [-0.05, 0) is 17.7 Å². The van der Waals surface area contributed by atoms with E-state index in [4.69, 9.17) is 0 Å². The van der Waals surface area contributed by atoms with Gasteiger partial charge in [0.05, 0.1) is 12.0 Å². The first kappa shape index (κ1) is 14.2. The maximum Gasteiger partial charge on any atom is 0.334 e. The van der Waals surface area contributed by atoms with Crippen LogP contribution in [0.25, 0.3) is 16.9 Å². The highest BCUT2D eigenvalue weighted by molar-refractivity contribution is 5.69. The lowest BCUT2D eigenvalue weighted by Crippen LogP contribution is -2.34. The van der Waals surface area contributed by atoms with Crippen molar-refractivity contribution in [2.45, 2.75) is 6.54 Å². The van der Waals surface area contributed by atoms with Crippen LogP contribution in [0.5, 0.6) is 0 Å². The van der Waals surface area contributed by atoms with Crippen molar-refractivity contribution in [2.24, 2.45) is 0 Å². The maximum atomic E-state index is 12.9. The highest BCUT2D eigenvalue weighted by Gasteiger charge is 2.14. The highest BCUT2D eigenvalue weighted by atomic mass is 16.2. The van der Waals surface area contributed by atoms with Crippen LogP contribution in [0.2, 0.25) is 0 Å². The number of fused-ring (bicyclic) bond motifs is 1. The Bertz CT molecular complexity index is 1110. The molecule has 0 fully saturated rings. The van der Waals surface area contributed by atoms with E-state index < -0.39 is 5.69 Å². The molecule has 2 heterocycles. The Morgan fingerprint density at radius 1 is 0.917 bits per heavy atom. The van der Waals surface area contributed by atoms with Gasteiger partial charge in [0.1, 0.15) is 0 Å². The molecule has 1 N–H and O–H groups in total. The number of hydrogen-bond acceptors (Lipinski definition) is 3. The minimum Gasteiger partial charge on any atom is -0.320 e. The largest absolute Gasteiger partial charge is 0.334 e. The molecule has 24 heavy (non-hydrogen) atoms. The van der Waals surface area contributed by atoms with Crippen LogP contribution in [-0.4, -0.2) is 19.1 Å². The monoisotopic (exact) mass is 318 g/mol. The van der Waals surface area contributed by atoms with Crippen LogP contribution >= 0.6 is 0 Å². The van der Waals surface area contributed by atoms with Crippen LogP contribution in [0, 0.1) is 0 Å². The SMILES string of the molecule is O=c1[nH]c2ncn(Cc3ccccc3)c2c(=O)n1-c1ccccc1. The number of nitrogens with zero attached hydrogens (tertiary/aromatic N) is 3. The summed E-state index contributed by atoms with van der Waals surface area (Å²) in [6.45, 7) is 0.507. The van der Waals surface area contributed by atoms with Crippen LogP contribution in [0.3, 0.4) is 0 Å². The fourth-order valence-corrected chi connectivity index (χ4v) is 2.76. The number of hydrogen-bond donors (Lipinski definition) is 1. The van der Waals surface area contributed by atoms with Crippen LogP contribution < -0.4 is 11.2 Å². The molecule has 0 radical (unpaired) electrons. The van der Waals surface area contributed by atoms with E-state index in [0.717, 1.165) is 10.1 Å². The number of rotatable bonds is 3. The Morgan fingerprint density at radius 2 is 1.58 bits per heavy atom. The van der Waals surface area contributed by atoms with Crippen LogP contribution in [0.4, 0.5) is 0 Å². The summed E-state index contributed by atoms with van der Waals surface area (Å²) in [7, 11) is 0. The van der Waals surface area contributed by atoms with Gasteiger partial charge in [-0.3, -0.25) is 9.78 Å². The number of H-pyrrole nitrogens is 1. The van der Waals surface area contributed by atoms with Gasteiger partial charge in [-0.1, -0.05) is 48.5 Å². The zero-order valence-electron chi connectivity index (χ0n) is 12.7. The molecule has 2 aromatic carbocycles. The van der Waals surface area contributed by atoms with Gasteiger partial charge in [0.15, 0.2) is 11.2 Å². The average molecular weight is 318 g/mol. The summed E-state index contributed by atoms with van der Waals surface area (Å²) < 4.78 is 2.88. The number of nitrogens with one attached hydrogen (secondary N) is 1. The second-order valence-electron chi connectivity index (χ2n) is 5.46. The molecule has 2 aromatic heterocycles. The normalized spacial score (nSPS) is 11.0. The lowest BCUT2D eigenvalue weighted by molar-refractivity contribution is 0.808. The molecule has 6 nitrogen and oxygen atoms in total. The van der Waals surface area contributed by atoms with E-state index in [2.05, 4.69) is 9.97 Å². The van der Waals surface area contributed by atoms with E-state index >= 15 is 0 Å². The van der Waals surface area contributed by atoms with E-state index in [1.165, 1.54) is 0 Å². The average Bonchev–Trinajstić information content (AvgIpc) is 2.99. The number of imidazole rings is 1. The molecule has 0 saturated heterocycles. The Hall–Kier alpha value is -3.41. The summed E-state index contributed by atoms with van der Waals surface area (Å²) >= 11 is 0. The van der Waals surface area contributed by atoms with E-state index in [-0.39, 0.29) is 5.56 Å². The molecule has 118 valence electrons. The highest BCUT2D eigenvalue weighted by Crippen LogP contribution is 2.09. The Balaban J connectivity index is 1.93. The van der Waals surface area contributed by atoms with Gasteiger partial charge in [0, 0.05) is 6.54 Å². The molecule has 4 rings (SSSR count). The van der Waals surface area contributed by atoms with Crippen molar-refractivity contribution in [3.63, 3.8) is 0 Å². The van der Waals surface area contributed by atoms with Gasteiger partial charge in [-0.25, -0.2) is 14.3 Å². The lowest BCUT2D eigenvalue weighted by atomic mass is 10.2. The smallest absolute Gasteiger partial charge is 0.320 e. The van der Waals surface area contributed by atoms with Crippen molar-refractivity contribution in [1.82, 2.24) is 19.1 Å². The third-order valence-corrected chi connectivity index (χ3v) is 3.88. The van der Waals surface area contributed by atoms with Gasteiger partial charge in [0.2, 0.25) is 0 Å². The predicted octanol–water partition coefficient (Wildman–Crippen LogP) is 1.92. The predicted molar refractivity (Wildman–Crippen MR) is 91.5 cm³/mol. The minimum absolute atomic E-state index is 0.299. The van der Waals surface area contributed by atoms with Gasteiger partial charge in [-0.2, -0.15) is 0 Å². The Kier molecular flexibility index (Phi) is 3.35. The molecule has 0 saturated carbocycles. The second-order valence-corrected chi connectivity index (χ2v) is 5.46. The van der Waals surface area contributed by atoms with Crippen molar-refractivity contribution in [3.8, 4) is 5.69 Å². The molecule has 0 aliphatic heterocycles. The molecule has 0 bridgehead atoms. The van der Waals surface area contributed by atoms with Crippen LogP contribution in [0.1, 0.15) is 5.56 Å². The van der Waals surface area contributed by atoms with Gasteiger partial charge in [0.25, 0.3) is 5.56 Å². The molecule has 0 atom stereocenters. The van der Waals surface area contributed by atoms with E-state index in [0.29, 0.717) is 23.4 Å². The van der Waals surface area contributed by atoms with Crippen molar-refractivity contribution < 1.29 is 0 Å². The summed E-state index contributed by atoms with van der Waals surface area (Å²) in [4.78, 5) is 32.0. The summed E-state index contributed by atoms with van der Waals surface area (Å²) in [5.41, 5.74) is 1.37. The second kappa shape index (κ2) is 5.66. The molecular formula is C18H14N4O2. The van der Waals surface area contributed by atoms with E-state index in [9.17, 15) is 9.59 Å². The molecule has 0 spiro atoms. The van der Waals surface area contributed by atoms with Crippen molar-refractivity contribution in [3.05, 3.63) is 93.4 Å². The fourth-order valence-electron chi connectivity index (χ4n) is 2.76. The topological polar surface area (TPSA) is 72.7 Å². The molecule has 0 amide bonds. The minimum atomic E-state index is -0.497. The third-order valence-electron chi connectivity index (χ3n) is 3.88. The lowest BCUT2D eigenvalue weighted by Gasteiger charge is -2.07. The standard InChI is InChI=1S/C18H14N4O2/c23-17-15-16(19-12-21(15)11-13-7-3-1-4-8-13)20-18(24)22(17)14-9-5-2-6-10-14/h1-10,12H,11H2,(H,20,24). The maximum absolute atomic E-state index is 12.9. The zero-order valence-corrected chi connectivity index (χ0v) is 12.7. The number of para-hydroxylation sites is 1. The van der Waals surface area contributed by atoms with E-state index in [1.54, 1.807) is 35.2 Å². The molecule has 4 aromatic rings. The first-order valence-corrected chi connectivity index (χ1v) is 7.53. The van der Waals surface area contributed by atoms with Crippen molar-refractivity contribution in [2.75, 3.05) is 0 Å². The number of aromatic nitrogens is 4.